The van der Waals surface area contributed by atoms with Gasteiger partial charge in [0.2, 0.25) is 0 Å². The van der Waals surface area contributed by atoms with Gasteiger partial charge >= 0.3 is 0 Å². The number of nitrogens with zero attached hydrogens (tertiary/aromatic N) is 2. The van der Waals surface area contributed by atoms with Gasteiger partial charge in [-0.05, 0) is 40.4 Å². The molecule has 0 heterocycles. The van der Waals surface area contributed by atoms with E-state index in [9.17, 15) is 5.11 Å². The first-order valence-electron chi connectivity index (χ1n) is 7.14. The molecule has 0 bridgehead atoms. The maximum absolute atomic E-state index is 10.3. The highest BCUT2D eigenvalue weighted by atomic mass is 16.3. The molecule has 0 amide bonds. The Labute approximate surface area is 107 Å². The van der Waals surface area contributed by atoms with Crippen LogP contribution in [0.3, 0.4) is 0 Å². The van der Waals surface area contributed by atoms with E-state index in [1.54, 1.807) is 0 Å². The zero-order valence-electron chi connectivity index (χ0n) is 12.0. The molecule has 0 aromatic heterocycles. The summed E-state index contributed by atoms with van der Waals surface area (Å²) in [4.78, 5) is 4.73. The maximum atomic E-state index is 10.3. The molecule has 0 saturated heterocycles. The number of rotatable bonds is 5. The van der Waals surface area contributed by atoms with Gasteiger partial charge in [-0.25, -0.2) is 0 Å². The van der Waals surface area contributed by atoms with Crippen LogP contribution in [0.2, 0.25) is 0 Å². The quantitative estimate of drug-likeness (QED) is 0.747. The smallest absolute Gasteiger partial charge is 0.0695 e. The first-order chi connectivity index (χ1) is 8.06. The van der Waals surface area contributed by atoms with Gasteiger partial charge in [0.1, 0.15) is 0 Å². The summed E-state index contributed by atoms with van der Waals surface area (Å²) < 4.78 is 0. The third kappa shape index (κ3) is 4.57. The molecule has 0 aliphatic heterocycles. The molecule has 0 aromatic rings. The van der Waals surface area contributed by atoms with Crippen molar-refractivity contribution in [1.29, 1.82) is 0 Å². The van der Waals surface area contributed by atoms with Crippen LogP contribution < -0.4 is 0 Å². The fraction of sp³-hybridized carbons (Fsp3) is 1.00. The summed E-state index contributed by atoms with van der Waals surface area (Å²) in [6.45, 7) is 6.60. The van der Waals surface area contributed by atoms with Crippen LogP contribution in [-0.2, 0) is 0 Å². The third-order valence-electron chi connectivity index (χ3n) is 3.93. The molecule has 3 heteroatoms. The van der Waals surface area contributed by atoms with Crippen molar-refractivity contribution in [3.63, 3.8) is 0 Å². The van der Waals surface area contributed by atoms with Gasteiger partial charge in [-0.15, -0.1) is 0 Å². The second-order valence-corrected chi connectivity index (χ2v) is 5.71. The van der Waals surface area contributed by atoms with Crippen LogP contribution in [-0.4, -0.2) is 60.3 Å². The van der Waals surface area contributed by atoms with E-state index in [4.69, 9.17) is 0 Å². The zero-order chi connectivity index (χ0) is 12.8. The van der Waals surface area contributed by atoms with Crippen LogP contribution in [0.5, 0.6) is 0 Å². The lowest BCUT2D eigenvalue weighted by Crippen LogP contribution is -2.50. The Kier molecular flexibility index (Phi) is 6.45. The summed E-state index contributed by atoms with van der Waals surface area (Å²) in [5.74, 6) is 0. The molecule has 17 heavy (non-hydrogen) atoms. The highest BCUT2D eigenvalue weighted by Crippen LogP contribution is 2.24. The standard InChI is InChI=1S/C14H30N2O/c1-5-16(12(2)11-15(3)4)13-9-7-6-8-10-14(13)17/h12-14,17H,5-11H2,1-4H3. The van der Waals surface area contributed by atoms with Crippen molar-refractivity contribution < 1.29 is 5.11 Å². The lowest BCUT2D eigenvalue weighted by molar-refractivity contribution is 0.0207. The molecule has 1 N–H and O–H groups in total. The van der Waals surface area contributed by atoms with Gasteiger partial charge in [0, 0.05) is 18.6 Å². The molecular formula is C14H30N2O. The summed E-state index contributed by atoms with van der Waals surface area (Å²) in [5, 5.41) is 10.3. The summed E-state index contributed by atoms with van der Waals surface area (Å²) in [5.41, 5.74) is 0. The van der Waals surface area contributed by atoms with E-state index < -0.39 is 0 Å². The summed E-state index contributed by atoms with van der Waals surface area (Å²) in [6, 6.07) is 0.894. The van der Waals surface area contributed by atoms with Gasteiger partial charge in [-0.3, -0.25) is 4.90 Å². The van der Waals surface area contributed by atoms with Gasteiger partial charge in [0.15, 0.2) is 0 Å². The summed E-state index contributed by atoms with van der Waals surface area (Å²) in [6.07, 6.45) is 5.77. The lowest BCUT2D eigenvalue weighted by atomic mass is 10.0. The van der Waals surface area contributed by atoms with E-state index in [-0.39, 0.29) is 6.10 Å². The fourth-order valence-electron chi connectivity index (χ4n) is 3.16. The molecule has 3 nitrogen and oxygen atoms in total. The molecule has 1 rings (SSSR count). The highest BCUT2D eigenvalue weighted by molar-refractivity contribution is 4.84. The normalized spacial score (nSPS) is 28.4. The number of aliphatic hydroxyl groups excluding tert-OH is 1. The second-order valence-electron chi connectivity index (χ2n) is 5.71. The topological polar surface area (TPSA) is 26.7 Å². The Hall–Kier alpha value is -0.120. The summed E-state index contributed by atoms with van der Waals surface area (Å²) >= 11 is 0. The molecular weight excluding hydrogens is 212 g/mol. The lowest BCUT2D eigenvalue weighted by Gasteiger charge is -2.38. The zero-order valence-corrected chi connectivity index (χ0v) is 12.0. The van der Waals surface area contributed by atoms with Crippen LogP contribution in [0.1, 0.15) is 46.0 Å². The molecule has 0 radical (unpaired) electrons. The van der Waals surface area contributed by atoms with Crippen molar-refractivity contribution >= 4 is 0 Å². The number of hydrogen-bond donors (Lipinski definition) is 1. The van der Waals surface area contributed by atoms with Crippen molar-refractivity contribution in [2.45, 2.75) is 64.1 Å². The molecule has 102 valence electrons. The molecule has 1 aliphatic rings. The molecule has 1 aliphatic carbocycles. The third-order valence-corrected chi connectivity index (χ3v) is 3.93. The fourth-order valence-corrected chi connectivity index (χ4v) is 3.16. The Morgan fingerprint density at radius 1 is 1.18 bits per heavy atom. The van der Waals surface area contributed by atoms with Crippen LogP contribution >= 0.6 is 0 Å². The minimum atomic E-state index is -0.123. The Bertz CT molecular complexity index is 208. The SMILES string of the molecule is CCN(C(C)CN(C)C)C1CCCCCC1O. The Balaban J connectivity index is 2.62. The Morgan fingerprint density at radius 3 is 2.41 bits per heavy atom. The van der Waals surface area contributed by atoms with Crippen molar-refractivity contribution in [2.75, 3.05) is 27.2 Å². The van der Waals surface area contributed by atoms with Gasteiger partial charge < -0.3 is 10.0 Å². The van der Waals surface area contributed by atoms with E-state index in [1.165, 1.54) is 19.3 Å². The van der Waals surface area contributed by atoms with Crippen LogP contribution in [0.4, 0.5) is 0 Å². The number of likely N-dealkylation sites (N-methyl/N-ethyl adjacent to an activating group) is 2. The summed E-state index contributed by atoms with van der Waals surface area (Å²) in [7, 11) is 4.24. The van der Waals surface area contributed by atoms with Crippen molar-refractivity contribution in [3.8, 4) is 0 Å². The molecule has 3 unspecified atom stereocenters. The average molecular weight is 242 g/mol. The molecule has 1 saturated carbocycles. The van der Waals surface area contributed by atoms with Crippen molar-refractivity contribution in [2.24, 2.45) is 0 Å². The predicted molar refractivity (Wildman–Crippen MR) is 73.3 cm³/mol. The Morgan fingerprint density at radius 2 is 1.82 bits per heavy atom. The monoisotopic (exact) mass is 242 g/mol. The van der Waals surface area contributed by atoms with Gasteiger partial charge in [-0.1, -0.05) is 26.2 Å². The van der Waals surface area contributed by atoms with Gasteiger partial charge in [0.25, 0.3) is 0 Å². The molecule has 1 fully saturated rings. The first-order valence-corrected chi connectivity index (χ1v) is 7.14. The maximum Gasteiger partial charge on any atom is 0.0695 e. The van der Waals surface area contributed by atoms with Crippen molar-refractivity contribution in [3.05, 3.63) is 0 Å². The minimum Gasteiger partial charge on any atom is -0.391 e. The van der Waals surface area contributed by atoms with Gasteiger partial charge in [-0.2, -0.15) is 0 Å². The van der Waals surface area contributed by atoms with Crippen LogP contribution in [0.25, 0.3) is 0 Å². The predicted octanol–water partition coefficient (Wildman–Crippen LogP) is 1.95. The molecule has 3 atom stereocenters. The molecule has 0 aromatic carbocycles. The van der Waals surface area contributed by atoms with Gasteiger partial charge in [0.05, 0.1) is 6.10 Å². The average Bonchev–Trinajstić information content (AvgIpc) is 2.44. The van der Waals surface area contributed by atoms with Crippen LogP contribution in [0.15, 0.2) is 0 Å². The highest BCUT2D eigenvalue weighted by Gasteiger charge is 2.29. The van der Waals surface area contributed by atoms with Crippen LogP contribution in [0, 0.1) is 0 Å². The van der Waals surface area contributed by atoms with E-state index in [0.29, 0.717) is 12.1 Å². The second kappa shape index (κ2) is 7.34. The van der Waals surface area contributed by atoms with E-state index >= 15 is 0 Å². The largest absolute Gasteiger partial charge is 0.391 e. The van der Waals surface area contributed by atoms with E-state index in [1.807, 2.05) is 0 Å². The van der Waals surface area contributed by atoms with Crippen molar-refractivity contribution in [1.82, 2.24) is 9.80 Å². The number of aliphatic hydroxyl groups is 1. The minimum absolute atomic E-state index is 0.123. The number of hydrogen-bond acceptors (Lipinski definition) is 3. The van der Waals surface area contributed by atoms with E-state index in [0.717, 1.165) is 25.9 Å². The van der Waals surface area contributed by atoms with E-state index in [2.05, 4.69) is 37.7 Å². The first kappa shape index (κ1) is 14.9. The molecule has 0 spiro atoms.